The van der Waals surface area contributed by atoms with Crippen LogP contribution in [-0.4, -0.2) is 25.6 Å². The van der Waals surface area contributed by atoms with E-state index in [-0.39, 0.29) is 11.5 Å². The zero-order chi connectivity index (χ0) is 14.5. The average molecular weight is 270 g/mol. The molecule has 0 fully saturated rings. The van der Waals surface area contributed by atoms with Gasteiger partial charge in [0.1, 0.15) is 6.29 Å². The Bertz CT molecular complexity index is 649. The Kier molecular flexibility index (Phi) is 4.10. The van der Waals surface area contributed by atoms with E-state index in [9.17, 15) is 9.90 Å². The molecule has 0 atom stereocenters. The summed E-state index contributed by atoms with van der Waals surface area (Å²) in [6.07, 6.45) is 0.713. The Balaban J connectivity index is 2.53. The number of aldehydes is 1. The molecule has 5 nitrogen and oxygen atoms in total. The van der Waals surface area contributed by atoms with E-state index in [1.165, 1.54) is 13.2 Å². The van der Waals surface area contributed by atoms with Crippen LogP contribution in [0.2, 0.25) is 0 Å². The smallest absolute Gasteiger partial charge is 0.165 e. The number of hydrogen-bond donors (Lipinski definition) is 1. The SMILES string of the molecule is CN=Nc1ccc(-c2cc(C=O)cc(OC)c2O)cc1. The maximum atomic E-state index is 10.9. The summed E-state index contributed by atoms with van der Waals surface area (Å²) >= 11 is 0. The van der Waals surface area contributed by atoms with Gasteiger partial charge in [0.2, 0.25) is 0 Å². The molecule has 102 valence electrons. The minimum Gasteiger partial charge on any atom is -0.504 e. The Morgan fingerprint density at radius 3 is 2.45 bits per heavy atom. The lowest BCUT2D eigenvalue weighted by molar-refractivity contribution is 0.112. The van der Waals surface area contributed by atoms with Crippen molar-refractivity contribution in [2.24, 2.45) is 10.2 Å². The summed E-state index contributed by atoms with van der Waals surface area (Å²) in [6, 6.07) is 10.3. The van der Waals surface area contributed by atoms with Crippen LogP contribution in [0.15, 0.2) is 46.6 Å². The number of phenolic OH excluding ortho intramolecular Hbond substituents is 1. The molecular formula is C15H14N2O3. The molecule has 0 aliphatic heterocycles. The fourth-order valence-corrected chi connectivity index (χ4v) is 1.90. The minimum absolute atomic E-state index is 0.00275. The largest absolute Gasteiger partial charge is 0.504 e. The minimum atomic E-state index is 0.00275. The summed E-state index contributed by atoms with van der Waals surface area (Å²) in [6.45, 7) is 0. The summed E-state index contributed by atoms with van der Waals surface area (Å²) in [5.41, 5.74) is 2.45. The second kappa shape index (κ2) is 5.97. The van der Waals surface area contributed by atoms with Crippen LogP contribution >= 0.6 is 0 Å². The van der Waals surface area contributed by atoms with E-state index in [0.29, 0.717) is 23.1 Å². The predicted octanol–water partition coefficient (Wildman–Crippen LogP) is 3.59. The second-order valence-electron chi connectivity index (χ2n) is 4.08. The lowest BCUT2D eigenvalue weighted by atomic mass is 10.0. The standard InChI is InChI=1S/C15H14N2O3/c1-16-17-12-5-3-11(4-6-12)13-7-10(9-18)8-14(20-2)15(13)19/h3-9,19H,1-2H3. The van der Waals surface area contributed by atoms with Gasteiger partial charge >= 0.3 is 0 Å². The molecule has 0 amide bonds. The summed E-state index contributed by atoms with van der Waals surface area (Å²) in [5.74, 6) is 0.268. The van der Waals surface area contributed by atoms with Crippen LogP contribution in [0.3, 0.4) is 0 Å². The highest BCUT2D eigenvalue weighted by molar-refractivity contribution is 5.84. The molecule has 1 N–H and O–H groups in total. The molecule has 0 aliphatic rings. The number of rotatable bonds is 4. The van der Waals surface area contributed by atoms with Gasteiger partial charge in [-0.1, -0.05) is 12.1 Å². The molecule has 0 saturated carbocycles. The lowest BCUT2D eigenvalue weighted by Gasteiger charge is -2.10. The number of carbonyl (C=O) groups is 1. The van der Waals surface area contributed by atoms with E-state index in [2.05, 4.69) is 10.2 Å². The molecule has 0 bridgehead atoms. The van der Waals surface area contributed by atoms with Gasteiger partial charge in [-0.2, -0.15) is 10.2 Å². The van der Waals surface area contributed by atoms with Crippen molar-refractivity contribution < 1.29 is 14.6 Å². The maximum absolute atomic E-state index is 10.9. The average Bonchev–Trinajstić information content (AvgIpc) is 2.49. The van der Waals surface area contributed by atoms with Crippen molar-refractivity contribution in [1.82, 2.24) is 0 Å². The van der Waals surface area contributed by atoms with Crippen molar-refractivity contribution in [1.29, 1.82) is 0 Å². The van der Waals surface area contributed by atoms with E-state index in [1.54, 1.807) is 37.4 Å². The number of phenols is 1. The predicted molar refractivity (Wildman–Crippen MR) is 75.9 cm³/mol. The highest BCUT2D eigenvalue weighted by Crippen LogP contribution is 2.38. The highest BCUT2D eigenvalue weighted by Gasteiger charge is 2.12. The van der Waals surface area contributed by atoms with Crippen LogP contribution in [0.4, 0.5) is 5.69 Å². The number of benzene rings is 2. The summed E-state index contributed by atoms with van der Waals surface area (Å²) in [7, 11) is 3.04. The van der Waals surface area contributed by atoms with E-state index < -0.39 is 0 Å². The normalized spacial score (nSPS) is 10.7. The van der Waals surface area contributed by atoms with Crippen LogP contribution in [0.1, 0.15) is 10.4 Å². The molecule has 0 spiro atoms. The fourth-order valence-electron chi connectivity index (χ4n) is 1.90. The summed E-state index contributed by atoms with van der Waals surface area (Å²) in [5, 5.41) is 17.8. The van der Waals surface area contributed by atoms with Gasteiger partial charge in [-0.25, -0.2) is 0 Å². The molecule has 2 aromatic rings. The highest BCUT2D eigenvalue weighted by atomic mass is 16.5. The molecule has 0 saturated heterocycles. The topological polar surface area (TPSA) is 71.2 Å². The van der Waals surface area contributed by atoms with E-state index in [1.807, 2.05) is 0 Å². The van der Waals surface area contributed by atoms with Gasteiger partial charge in [0.25, 0.3) is 0 Å². The number of azo groups is 1. The van der Waals surface area contributed by atoms with Crippen LogP contribution in [-0.2, 0) is 0 Å². The number of aromatic hydroxyl groups is 1. The van der Waals surface area contributed by atoms with Gasteiger partial charge in [-0.3, -0.25) is 4.79 Å². The third-order valence-electron chi connectivity index (χ3n) is 2.85. The summed E-state index contributed by atoms with van der Waals surface area (Å²) in [4.78, 5) is 10.9. The zero-order valence-electron chi connectivity index (χ0n) is 11.2. The monoisotopic (exact) mass is 270 g/mol. The third-order valence-corrected chi connectivity index (χ3v) is 2.85. The van der Waals surface area contributed by atoms with Gasteiger partial charge in [0.05, 0.1) is 12.8 Å². The number of nitrogens with zero attached hydrogens (tertiary/aromatic N) is 2. The van der Waals surface area contributed by atoms with Gasteiger partial charge in [0.15, 0.2) is 11.5 Å². The van der Waals surface area contributed by atoms with Crippen molar-refractivity contribution in [3.05, 3.63) is 42.0 Å². The van der Waals surface area contributed by atoms with Crippen molar-refractivity contribution in [3.63, 3.8) is 0 Å². The van der Waals surface area contributed by atoms with Gasteiger partial charge in [-0.05, 0) is 29.8 Å². The van der Waals surface area contributed by atoms with E-state index in [4.69, 9.17) is 4.74 Å². The lowest BCUT2D eigenvalue weighted by Crippen LogP contribution is -1.90. The first-order valence-corrected chi connectivity index (χ1v) is 5.96. The Labute approximate surface area is 116 Å². The molecule has 5 heteroatoms. The maximum Gasteiger partial charge on any atom is 0.165 e. The van der Waals surface area contributed by atoms with Crippen LogP contribution in [0.25, 0.3) is 11.1 Å². The van der Waals surface area contributed by atoms with Crippen molar-refractivity contribution in [2.75, 3.05) is 14.2 Å². The first kappa shape index (κ1) is 13.7. The molecule has 0 aromatic heterocycles. The van der Waals surface area contributed by atoms with Crippen molar-refractivity contribution in [2.45, 2.75) is 0 Å². The first-order chi connectivity index (χ1) is 9.69. The molecule has 0 unspecified atom stereocenters. The molecule has 2 aromatic carbocycles. The molecule has 2 rings (SSSR count). The van der Waals surface area contributed by atoms with E-state index in [0.717, 1.165) is 5.56 Å². The second-order valence-corrected chi connectivity index (χ2v) is 4.08. The van der Waals surface area contributed by atoms with Crippen LogP contribution in [0.5, 0.6) is 11.5 Å². The number of ether oxygens (including phenoxy) is 1. The Morgan fingerprint density at radius 1 is 1.20 bits per heavy atom. The number of carbonyl (C=O) groups excluding carboxylic acids is 1. The molecule has 0 heterocycles. The molecule has 0 aliphatic carbocycles. The van der Waals surface area contributed by atoms with Crippen molar-refractivity contribution >= 4 is 12.0 Å². The Hall–Kier alpha value is -2.69. The molecule has 20 heavy (non-hydrogen) atoms. The zero-order valence-corrected chi connectivity index (χ0v) is 11.2. The Morgan fingerprint density at radius 2 is 1.90 bits per heavy atom. The van der Waals surface area contributed by atoms with Gasteiger partial charge in [-0.15, -0.1) is 0 Å². The summed E-state index contributed by atoms with van der Waals surface area (Å²) < 4.78 is 5.07. The number of hydrogen-bond acceptors (Lipinski definition) is 5. The van der Waals surface area contributed by atoms with Crippen LogP contribution in [0, 0.1) is 0 Å². The van der Waals surface area contributed by atoms with Gasteiger partial charge in [0, 0.05) is 18.2 Å². The van der Waals surface area contributed by atoms with Crippen LogP contribution < -0.4 is 4.74 Å². The fraction of sp³-hybridized carbons (Fsp3) is 0.133. The first-order valence-electron chi connectivity index (χ1n) is 5.96. The third kappa shape index (κ3) is 2.66. The molecular weight excluding hydrogens is 256 g/mol. The quantitative estimate of drug-likeness (QED) is 0.681. The van der Waals surface area contributed by atoms with Gasteiger partial charge < -0.3 is 9.84 Å². The number of methoxy groups -OCH3 is 1. The van der Waals surface area contributed by atoms with E-state index >= 15 is 0 Å². The molecule has 0 radical (unpaired) electrons. The van der Waals surface area contributed by atoms with Crippen molar-refractivity contribution in [3.8, 4) is 22.6 Å².